The Morgan fingerprint density at radius 2 is 2.46 bits per heavy atom. The van der Waals surface area contributed by atoms with Crippen LogP contribution in [0.3, 0.4) is 0 Å². The summed E-state index contributed by atoms with van der Waals surface area (Å²) in [5, 5.41) is 6.88. The van der Waals surface area contributed by atoms with Crippen molar-refractivity contribution in [2.45, 2.75) is 26.2 Å². The van der Waals surface area contributed by atoms with E-state index in [2.05, 4.69) is 23.8 Å². The smallest absolute Gasteiger partial charge is 0.0925 e. The van der Waals surface area contributed by atoms with E-state index < -0.39 is 0 Å². The van der Waals surface area contributed by atoms with Crippen molar-refractivity contribution >= 4 is 6.21 Å². The maximum Gasteiger partial charge on any atom is 0.0925 e. The van der Waals surface area contributed by atoms with Crippen molar-refractivity contribution in [3.63, 3.8) is 0 Å². The van der Waals surface area contributed by atoms with Gasteiger partial charge in [-0.25, -0.2) is 4.98 Å². The highest BCUT2D eigenvalue weighted by Gasteiger charge is 2.08. The van der Waals surface area contributed by atoms with E-state index in [-0.39, 0.29) is 5.92 Å². The van der Waals surface area contributed by atoms with Crippen LogP contribution in [0.5, 0.6) is 0 Å². The van der Waals surface area contributed by atoms with Crippen LogP contribution in [0.2, 0.25) is 0 Å². The zero-order valence-corrected chi connectivity index (χ0v) is 8.04. The predicted octanol–water partition coefficient (Wildman–Crippen LogP) is 2.28. The fraction of sp³-hybridized carbons (Fsp3) is 0.400. The first kappa shape index (κ1) is 9.71. The number of nitrogens with one attached hydrogen (secondary N) is 2. The molecular weight excluding hydrogens is 162 g/mol. The highest BCUT2D eigenvalue weighted by Crippen LogP contribution is 2.17. The summed E-state index contributed by atoms with van der Waals surface area (Å²) in [6, 6.07) is 0. The zero-order chi connectivity index (χ0) is 9.68. The highest BCUT2D eigenvalue weighted by molar-refractivity contribution is 5.67. The minimum absolute atomic E-state index is 0.280. The second-order valence-corrected chi connectivity index (χ2v) is 2.96. The number of nitrogens with zero attached hydrogens (tertiary/aromatic N) is 1. The van der Waals surface area contributed by atoms with Gasteiger partial charge in [-0.3, -0.25) is 0 Å². The Bertz CT molecular complexity index is 299. The molecule has 0 aromatic carbocycles. The number of aromatic nitrogens is 2. The van der Waals surface area contributed by atoms with Gasteiger partial charge in [0.25, 0.3) is 0 Å². The maximum absolute atomic E-state index is 6.88. The normalized spacial score (nSPS) is 13.4. The third kappa shape index (κ3) is 2.28. The third-order valence-corrected chi connectivity index (χ3v) is 2.03. The number of hydrogen-bond donors (Lipinski definition) is 2. The Kier molecular flexibility index (Phi) is 3.43. The summed E-state index contributed by atoms with van der Waals surface area (Å²) in [5.41, 5.74) is 2.27. The van der Waals surface area contributed by atoms with Crippen LogP contribution < -0.4 is 0 Å². The second-order valence-electron chi connectivity index (χ2n) is 2.96. The lowest BCUT2D eigenvalue weighted by Gasteiger charge is -2.03. The monoisotopic (exact) mass is 177 g/mol. The summed E-state index contributed by atoms with van der Waals surface area (Å²) in [5.74, 6) is 0.280. The molecule has 2 N–H and O–H groups in total. The quantitative estimate of drug-likeness (QED) is 0.681. The topological polar surface area (TPSA) is 52.5 Å². The average molecular weight is 177 g/mol. The minimum atomic E-state index is 0.280. The maximum atomic E-state index is 6.88. The van der Waals surface area contributed by atoms with E-state index in [0.717, 1.165) is 12.1 Å². The summed E-state index contributed by atoms with van der Waals surface area (Å²) in [7, 11) is 0. The van der Waals surface area contributed by atoms with Crippen LogP contribution in [0.1, 0.15) is 31.2 Å². The van der Waals surface area contributed by atoms with Gasteiger partial charge in [0.1, 0.15) is 0 Å². The fourth-order valence-corrected chi connectivity index (χ4v) is 1.32. The molecule has 1 unspecified atom stereocenters. The van der Waals surface area contributed by atoms with Crippen molar-refractivity contribution in [3.05, 3.63) is 29.9 Å². The Balaban J connectivity index is 2.80. The van der Waals surface area contributed by atoms with Crippen molar-refractivity contribution in [1.29, 1.82) is 5.41 Å². The molecule has 1 aromatic rings. The van der Waals surface area contributed by atoms with Crippen LogP contribution in [0.4, 0.5) is 0 Å². The molecule has 1 heterocycles. The number of H-pyrrole nitrogens is 1. The van der Waals surface area contributed by atoms with Gasteiger partial charge in [0.2, 0.25) is 0 Å². The van der Waals surface area contributed by atoms with Crippen LogP contribution in [0.15, 0.2) is 18.5 Å². The van der Waals surface area contributed by atoms with Crippen LogP contribution in [-0.4, -0.2) is 16.2 Å². The first-order valence-corrected chi connectivity index (χ1v) is 4.49. The summed E-state index contributed by atoms with van der Waals surface area (Å²) >= 11 is 0. The molecular formula is C10H15N3. The molecule has 3 heteroatoms. The van der Waals surface area contributed by atoms with E-state index in [4.69, 9.17) is 5.41 Å². The van der Waals surface area contributed by atoms with Gasteiger partial charge in [-0.1, -0.05) is 19.9 Å². The molecule has 0 amide bonds. The van der Waals surface area contributed by atoms with Crippen molar-refractivity contribution in [2.75, 3.05) is 0 Å². The van der Waals surface area contributed by atoms with Gasteiger partial charge in [-0.2, -0.15) is 0 Å². The molecule has 0 aliphatic rings. The lowest BCUT2D eigenvalue weighted by molar-refractivity contribution is 0.885. The van der Waals surface area contributed by atoms with Crippen molar-refractivity contribution in [2.24, 2.45) is 0 Å². The molecule has 0 aliphatic heterocycles. The first-order chi connectivity index (χ1) is 6.29. The molecule has 13 heavy (non-hydrogen) atoms. The Morgan fingerprint density at radius 1 is 1.69 bits per heavy atom. The molecule has 0 radical (unpaired) electrons. The van der Waals surface area contributed by atoms with E-state index in [1.54, 1.807) is 12.4 Å². The van der Waals surface area contributed by atoms with Gasteiger partial charge in [-0.15, -0.1) is 0 Å². The van der Waals surface area contributed by atoms with Gasteiger partial charge >= 0.3 is 0 Å². The molecule has 0 bridgehead atoms. The van der Waals surface area contributed by atoms with Crippen molar-refractivity contribution < 1.29 is 0 Å². The number of hydrogen-bond acceptors (Lipinski definition) is 2. The average Bonchev–Trinajstić information content (AvgIpc) is 2.61. The molecule has 1 rings (SSSR count). The van der Waals surface area contributed by atoms with Crippen molar-refractivity contribution in [1.82, 2.24) is 9.97 Å². The molecule has 0 saturated heterocycles. The van der Waals surface area contributed by atoms with E-state index in [1.807, 2.05) is 6.08 Å². The van der Waals surface area contributed by atoms with Crippen LogP contribution in [0, 0.1) is 5.41 Å². The first-order valence-electron chi connectivity index (χ1n) is 4.49. The van der Waals surface area contributed by atoms with Gasteiger partial charge in [0.05, 0.1) is 12.0 Å². The molecule has 0 aliphatic carbocycles. The fourth-order valence-electron chi connectivity index (χ4n) is 1.32. The molecule has 0 spiro atoms. The van der Waals surface area contributed by atoms with E-state index in [0.29, 0.717) is 0 Å². The van der Waals surface area contributed by atoms with Crippen LogP contribution in [0.25, 0.3) is 0 Å². The summed E-state index contributed by atoms with van der Waals surface area (Å²) in [6.07, 6.45) is 7.69. The van der Waals surface area contributed by atoms with E-state index >= 15 is 0 Å². The largest absolute Gasteiger partial charge is 0.348 e. The van der Waals surface area contributed by atoms with Gasteiger partial charge in [0.15, 0.2) is 0 Å². The lowest BCUT2D eigenvalue weighted by Crippen LogP contribution is -1.95. The molecule has 3 nitrogen and oxygen atoms in total. The van der Waals surface area contributed by atoms with E-state index in [1.165, 1.54) is 11.9 Å². The Morgan fingerprint density at radius 3 is 3.08 bits per heavy atom. The number of allylic oxidation sites excluding steroid dienone is 2. The van der Waals surface area contributed by atoms with Crippen LogP contribution >= 0.6 is 0 Å². The second kappa shape index (κ2) is 4.60. The zero-order valence-electron chi connectivity index (χ0n) is 8.04. The molecule has 1 aromatic heterocycles. The molecule has 70 valence electrons. The minimum Gasteiger partial charge on any atom is -0.348 e. The third-order valence-electron chi connectivity index (χ3n) is 2.03. The number of imidazole rings is 1. The Labute approximate surface area is 78.4 Å². The summed E-state index contributed by atoms with van der Waals surface area (Å²) in [4.78, 5) is 7.37. The predicted molar refractivity (Wildman–Crippen MR) is 54.3 cm³/mol. The van der Waals surface area contributed by atoms with Gasteiger partial charge in [-0.05, 0) is 12.5 Å². The lowest BCUT2D eigenvalue weighted by atomic mass is 10.0. The standard InChI is InChI=1S/C10H15N3/c1-3-9-10(13-7-12-9)8(2)5-4-6-11/h4-8,11H,3H2,1-2H3,(H,12,13)/b5-4-,11-6?. The number of aromatic amines is 1. The van der Waals surface area contributed by atoms with Gasteiger partial charge in [0, 0.05) is 17.8 Å². The van der Waals surface area contributed by atoms with Gasteiger partial charge < -0.3 is 10.4 Å². The Hall–Kier alpha value is -1.38. The molecule has 0 fully saturated rings. The van der Waals surface area contributed by atoms with E-state index in [9.17, 15) is 0 Å². The number of rotatable bonds is 4. The molecule has 0 saturated carbocycles. The number of aryl methyl sites for hydroxylation is 1. The summed E-state index contributed by atoms with van der Waals surface area (Å²) in [6.45, 7) is 4.18. The molecule has 1 atom stereocenters. The SMILES string of the molecule is CCc1[nH]cnc1C(C)/C=C\C=N. The van der Waals surface area contributed by atoms with Crippen LogP contribution in [-0.2, 0) is 6.42 Å². The highest BCUT2D eigenvalue weighted by atomic mass is 14.9. The summed E-state index contributed by atoms with van der Waals surface area (Å²) < 4.78 is 0. The van der Waals surface area contributed by atoms with Crippen molar-refractivity contribution in [3.8, 4) is 0 Å².